The third-order valence-electron chi connectivity index (χ3n) is 2.68. The van der Waals surface area contributed by atoms with Crippen LogP contribution < -0.4 is 10.6 Å². The molecule has 1 aromatic rings. The molecule has 1 aromatic carbocycles. The molecule has 7 heteroatoms. The van der Waals surface area contributed by atoms with E-state index < -0.39 is 4.92 Å². The first-order valence-electron chi connectivity index (χ1n) is 6.33. The normalized spacial score (nSPS) is 10.6. The number of nitro groups is 1. The summed E-state index contributed by atoms with van der Waals surface area (Å²) in [4.78, 5) is 21.5. The number of benzene rings is 1. The fourth-order valence-corrected chi connectivity index (χ4v) is 1.70. The quantitative estimate of drug-likeness (QED) is 0.459. The molecule has 0 aliphatic carbocycles. The van der Waals surface area contributed by atoms with E-state index in [0.717, 1.165) is 0 Å². The summed E-state index contributed by atoms with van der Waals surface area (Å²) in [7, 11) is 0. The molecule has 0 aromatic heterocycles. The summed E-state index contributed by atoms with van der Waals surface area (Å²) in [5, 5.41) is 17.0. The Morgan fingerprint density at radius 1 is 1.40 bits per heavy atom. The first kappa shape index (κ1) is 16.4. The summed E-state index contributed by atoms with van der Waals surface area (Å²) in [6, 6.07) is 4.33. The van der Waals surface area contributed by atoms with E-state index in [1.807, 2.05) is 13.8 Å². The number of nitro benzene ring substituents is 1. The van der Waals surface area contributed by atoms with Crippen molar-refractivity contribution in [3.63, 3.8) is 0 Å². The Morgan fingerprint density at radius 3 is 2.70 bits per heavy atom. The Morgan fingerprint density at radius 2 is 2.10 bits per heavy atom. The summed E-state index contributed by atoms with van der Waals surface area (Å²) < 4.78 is 0. The predicted molar refractivity (Wildman–Crippen MR) is 77.7 cm³/mol. The van der Waals surface area contributed by atoms with Crippen molar-refractivity contribution in [2.75, 3.05) is 13.1 Å². The van der Waals surface area contributed by atoms with E-state index >= 15 is 0 Å². The number of halogens is 1. The number of hydrogen-bond acceptors (Lipinski definition) is 4. The fourth-order valence-electron chi connectivity index (χ4n) is 1.51. The SMILES string of the molecule is CC(C)C(=O)NCCNCc1cc([N+](=O)[O-])ccc1Cl. The van der Waals surface area contributed by atoms with Crippen LogP contribution in [0.2, 0.25) is 5.02 Å². The van der Waals surface area contributed by atoms with Crippen molar-refractivity contribution < 1.29 is 9.72 Å². The van der Waals surface area contributed by atoms with Crippen molar-refractivity contribution in [1.82, 2.24) is 10.6 Å². The highest BCUT2D eigenvalue weighted by molar-refractivity contribution is 6.31. The van der Waals surface area contributed by atoms with Gasteiger partial charge in [0.05, 0.1) is 4.92 Å². The lowest BCUT2D eigenvalue weighted by Crippen LogP contribution is -2.34. The Labute approximate surface area is 122 Å². The van der Waals surface area contributed by atoms with Crippen LogP contribution in [0.25, 0.3) is 0 Å². The molecule has 0 spiro atoms. The zero-order valence-corrected chi connectivity index (χ0v) is 12.2. The van der Waals surface area contributed by atoms with Crippen molar-refractivity contribution in [2.45, 2.75) is 20.4 Å². The number of carbonyl (C=O) groups excluding carboxylic acids is 1. The van der Waals surface area contributed by atoms with Crippen molar-refractivity contribution in [1.29, 1.82) is 0 Å². The van der Waals surface area contributed by atoms with Gasteiger partial charge in [-0.05, 0) is 11.6 Å². The average molecular weight is 300 g/mol. The number of hydrogen-bond donors (Lipinski definition) is 2. The molecule has 110 valence electrons. The number of amides is 1. The van der Waals surface area contributed by atoms with Crippen LogP contribution in [0.5, 0.6) is 0 Å². The van der Waals surface area contributed by atoms with Gasteiger partial charge in [-0.3, -0.25) is 14.9 Å². The topological polar surface area (TPSA) is 84.3 Å². The van der Waals surface area contributed by atoms with E-state index in [9.17, 15) is 14.9 Å². The van der Waals surface area contributed by atoms with E-state index in [-0.39, 0.29) is 17.5 Å². The first-order valence-corrected chi connectivity index (χ1v) is 6.71. The third kappa shape index (κ3) is 5.14. The van der Waals surface area contributed by atoms with Crippen molar-refractivity contribution in [3.8, 4) is 0 Å². The van der Waals surface area contributed by atoms with Crippen molar-refractivity contribution in [3.05, 3.63) is 38.9 Å². The Bertz CT molecular complexity index is 492. The molecule has 2 N–H and O–H groups in total. The molecule has 0 aliphatic heterocycles. The van der Waals surface area contributed by atoms with Gasteiger partial charge in [0.15, 0.2) is 0 Å². The van der Waals surface area contributed by atoms with Crippen LogP contribution >= 0.6 is 11.6 Å². The molecule has 0 bridgehead atoms. The van der Waals surface area contributed by atoms with Crippen molar-refractivity contribution >= 4 is 23.2 Å². The largest absolute Gasteiger partial charge is 0.355 e. The summed E-state index contributed by atoms with van der Waals surface area (Å²) >= 11 is 5.97. The number of rotatable bonds is 7. The summed E-state index contributed by atoms with van der Waals surface area (Å²) in [6.45, 7) is 5.14. The zero-order valence-electron chi connectivity index (χ0n) is 11.5. The fraction of sp³-hybridized carbons (Fsp3) is 0.462. The number of nitrogens with one attached hydrogen (secondary N) is 2. The minimum absolute atomic E-state index is 0.000168. The first-order chi connectivity index (χ1) is 9.41. The van der Waals surface area contributed by atoms with E-state index in [1.165, 1.54) is 18.2 Å². The van der Waals surface area contributed by atoms with Crippen LogP contribution in [0.15, 0.2) is 18.2 Å². The van der Waals surface area contributed by atoms with Gasteiger partial charge in [0.25, 0.3) is 5.69 Å². The maximum Gasteiger partial charge on any atom is 0.269 e. The second-order valence-electron chi connectivity index (χ2n) is 4.66. The molecule has 6 nitrogen and oxygen atoms in total. The summed E-state index contributed by atoms with van der Waals surface area (Å²) in [6.07, 6.45) is 0. The Balaban J connectivity index is 2.40. The minimum Gasteiger partial charge on any atom is -0.355 e. The molecule has 0 unspecified atom stereocenters. The molecule has 20 heavy (non-hydrogen) atoms. The number of non-ortho nitro benzene ring substituents is 1. The van der Waals surface area contributed by atoms with Gasteiger partial charge in [-0.1, -0.05) is 25.4 Å². The van der Waals surface area contributed by atoms with Crippen LogP contribution in [0, 0.1) is 16.0 Å². The standard InChI is InChI=1S/C13H18ClN3O3/c1-9(2)13(18)16-6-5-15-8-10-7-11(17(19)20)3-4-12(10)14/h3-4,7,9,15H,5-6,8H2,1-2H3,(H,16,18). The smallest absolute Gasteiger partial charge is 0.269 e. The molecule has 1 rings (SSSR count). The lowest BCUT2D eigenvalue weighted by atomic mass is 10.2. The third-order valence-corrected chi connectivity index (χ3v) is 3.05. The van der Waals surface area contributed by atoms with E-state index in [1.54, 1.807) is 0 Å². The maximum absolute atomic E-state index is 11.3. The second kappa shape index (κ2) is 7.81. The molecule has 0 heterocycles. The lowest BCUT2D eigenvalue weighted by molar-refractivity contribution is -0.384. The highest BCUT2D eigenvalue weighted by Gasteiger charge is 2.09. The molecule has 0 saturated heterocycles. The van der Waals surface area contributed by atoms with Gasteiger partial charge in [-0.15, -0.1) is 0 Å². The van der Waals surface area contributed by atoms with Gasteiger partial charge >= 0.3 is 0 Å². The molecule has 0 aliphatic rings. The van der Waals surface area contributed by atoms with Gasteiger partial charge in [-0.2, -0.15) is 0 Å². The van der Waals surface area contributed by atoms with Crippen LogP contribution in [-0.2, 0) is 11.3 Å². The average Bonchev–Trinajstić information content (AvgIpc) is 2.39. The molecule has 0 saturated carbocycles. The Hall–Kier alpha value is -1.66. The van der Waals surface area contributed by atoms with Gasteiger partial charge in [0, 0.05) is 42.7 Å². The maximum atomic E-state index is 11.3. The minimum atomic E-state index is -0.456. The van der Waals surface area contributed by atoms with Gasteiger partial charge < -0.3 is 10.6 Å². The molecular formula is C13H18ClN3O3. The lowest BCUT2D eigenvalue weighted by Gasteiger charge is -2.09. The molecule has 0 radical (unpaired) electrons. The number of carbonyl (C=O) groups is 1. The van der Waals surface area contributed by atoms with Crippen LogP contribution in [0.3, 0.4) is 0 Å². The zero-order chi connectivity index (χ0) is 15.1. The molecule has 1 amide bonds. The van der Waals surface area contributed by atoms with Gasteiger partial charge in [0.1, 0.15) is 0 Å². The van der Waals surface area contributed by atoms with Crippen molar-refractivity contribution in [2.24, 2.45) is 5.92 Å². The summed E-state index contributed by atoms with van der Waals surface area (Å²) in [5.74, 6) is -0.0404. The van der Waals surface area contributed by atoms with Gasteiger partial charge in [-0.25, -0.2) is 0 Å². The Kier molecular flexibility index (Phi) is 6.41. The van der Waals surface area contributed by atoms with Crippen LogP contribution in [0.1, 0.15) is 19.4 Å². The highest BCUT2D eigenvalue weighted by Crippen LogP contribution is 2.21. The highest BCUT2D eigenvalue weighted by atomic mass is 35.5. The van der Waals surface area contributed by atoms with Crippen LogP contribution in [0.4, 0.5) is 5.69 Å². The van der Waals surface area contributed by atoms with E-state index in [2.05, 4.69) is 10.6 Å². The van der Waals surface area contributed by atoms with Gasteiger partial charge in [0.2, 0.25) is 5.91 Å². The van der Waals surface area contributed by atoms with E-state index in [4.69, 9.17) is 11.6 Å². The molecule has 0 atom stereocenters. The van der Waals surface area contributed by atoms with E-state index in [0.29, 0.717) is 30.2 Å². The summed E-state index contributed by atoms with van der Waals surface area (Å²) in [5.41, 5.74) is 0.676. The molecule has 0 fully saturated rings. The second-order valence-corrected chi connectivity index (χ2v) is 5.06. The van der Waals surface area contributed by atoms with Crippen LogP contribution in [-0.4, -0.2) is 23.9 Å². The monoisotopic (exact) mass is 299 g/mol. The number of nitrogens with zero attached hydrogens (tertiary/aromatic N) is 1. The predicted octanol–water partition coefficient (Wildman–Crippen LogP) is 2.11. The molecular weight excluding hydrogens is 282 g/mol.